The summed E-state index contributed by atoms with van der Waals surface area (Å²) in [5.74, 6) is -0.151. The second-order valence-electron chi connectivity index (χ2n) is 6.51. The number of anilines is 1. The molecule has 0 aliphatic carbocycles. The maximum Gasteiger partial charge on any atom is 0.286 e. The number of aliphatic hydroxyl groups excluding tert-OH is 1. The lowest BCUT2D eigenvalue weighted by Gasteiger charge is -2.32. The lowest BCUT2D eigenvalue weighted by Crippen LogP contribution is -3.15. The molecule has 2 N–H and O–H groups in total. The van der Waals surface area contributed by atoms with Crippen LogP contribution in [0, 0.1) is 0 Å². The zero-order chi connectivity index (χ0) is 17.8. The zero-order valence-corrected chi connectivity index (χ0v) is 15.6. The van der Waals surface area contributed by atoms with Crippen molar-refractivity contribution >= 4 is 34.6 Å². The highest BCUT2D eigenvalue weighted by molar-refractivity contribution is 8.18. The maximum atomic E-state index is 12.2. The molecule has 2 heterocycles. The third-order valence-electron chi connectivity index (χ3n) is 4.52. The van der Waals surface area contributed by atoms with Gasteiger partial charge in [-0.1, -0.05) is 12.1 Å². The van der Waals surface area contributed by atoms with Gasteiger partial charge in [0.15, 0.2) is 5.17 Å². The molecule has 6 nitrogen and oxygen atoms in total. The Hall–Kier alpha value is -1.83. The molecule has 1 fully saturated rings. The number of aliphatic hydroxyl groups is 1. The van der Waals surface area contributed by atoms with Gasteiger partial charge in [-0.2, -0.15) is 4.99 Å². The average Bonchev–Trinajstić information content (AvgIpc) is 2.97. The minimum absolute atomic E-state index is 0.151. The largest absolute Gasteiger partial charge is 0.391 e. The van der Waals surface area contributed by atoms with Crippen molar-refractivity contribution in [2.45, 2.75) is 0 Å². The van der Waals surface area contributed by atoms with E-state index in [1.54, 1.807) is 0 Å². The van der Waals surface area contributed by atoms with E-state index in [0.717, 1.165) is 49.1 Å². The lowest BCUT2D eigenvalue weighted by molar-refractivity contribution is -0.904. The Kier molecular flexibility index (Phi) is 5.78. The molecule has 0 unspecified atom stereocenters. The van der Waals surface area contributed by atoms with Crippen LogP contribution in [-0.4, -0.2) is 74.5 Å². The van der Waals surface area contributed by atoms with Gasteiger partial charge in [0.1, 0.15) is 6.54 Å². The van der Waals surface area contributed by atoms with Gasteiger partial charge in [-0.05, 0) is 35.5 Å². The number of piperazine rings is 1. The van der Waals surface area contributed by atoms with E-state index in [1.165, 1.54) is 16.7 Å². The molecular formula is C18H25N4O2S+. The number of carbonyl (C=O) groups is 1. The summed E-state index contributed by atoms with van der Waals surface area (Å²) in [6.45, 7) is 4.71. The topological polar surface area (TPSA) is 60.6 Å². The Morgan fingerprint density at radius 2 is 1.96 bits per heavy atom. The number of quaternary nitrogens is 1. The number of hydrogen-bond acceptors (Lipinski definition) is 5. The highest BCUT2D eigenvalue weighted by Crippen LogP contribution is 2.30. The lowest BCUT2D eigenvalue weighted by atomic mass is 10.2. The van der Waals surface area contributed by atoms with Gasteiger partial charge < -0.3 is 19.8 Å². The number of aliphatic imine (C=N–C) groups is 1. The van der Waals surface area contributed by atoms with Crippen molar-refractivity contribution in [2.24, 2.45) is 4.99 Å². The number of rotatable bonds is 4. The number of carbonyl (C=O) groups excluding carboxylic acids is 1. The van der Waals surface area contributed by atoms with Gasteiger partial charge in [0, 0.05) is 19.8 Å². The molecule has 2 aliphatic rings. The van der Waals surface area contributed by atoms with Gasteiger partial charge >= 0.3 is 0 Å². The molecule has 134 valence electrons. The van der Waals surface area contributed by atoms with Crippen LogP contribution >= 0.6 is 11.8 Å². The van der Waals surface area contributed by atoms with Gasteiger partial charge in [0.2, 0.25) is 0 Å². The van der Waals surface area contributed by atoms with Gasteiger partial charge in [0.05, 0.1) is 37.7 Å². The minimum Gasteiger partial charge on any atom is -0.391 e. The van der Waals surface area contributed by atoms with E-state index in [4.69, 9.17) is 5.11 Å². The molecule has 1 aromatic carbocycles. The third-order valence-corrected chi connectivity index (χ3v) is 5.57. The summed E-state index contributed by atoms with van der Waals surface area (Å²) in [5, 5.41) is 9.85. The van der Waals surface area contributed by atoms with Crippen molar-refractivity contribution in [1.82, 2.24) is 4.90 Å². The molecule has 0 aromatic heterocycles. The first-order valence-electron chi connectivity index (χ1n) is 8.56. The first-order valence-corrected chi connectivity index (χ1v) is 9.38. The predicted octanol–water partition coefficient (Wildman–Crippen LogP) is -0.0843. The van der Waals surface area contributed by atoms with Gasteiger partial charge in [-0.3, -0.25) is 4.79 Å². The van der Waals surface area contributed by atoms with E-state index in [9.17, 15) is 4.79 Å². The Labute approximate surface area is 152 Å². The van der Waals surface area contributed by atoms with Crippen LogP contribution in [0.3, 0.4) is 0 Å². The van der Waals surface area contributed by atoms with Crippen LogP contribution in [0.2, 0.25) is 0 Å². The zero-order valence-electron chi connectivity index (χ0n) is 14.7. The van der Waals surface area contributed by atoms with Crippen molar-refractivity contribution in [2.75, 3.05) is 58.3 Å². The molecule has 1 amide bonds. The average molecular weight is 361 g/mol. The highest BCUT2D eigenvalue weighted by atomic mass is 32.2. The Morgan fingerprint density at radius 1 is 1.28 bits per heavy atom. The Morgan fingerprint density at radius 3 is 2.56 bits per heavy atom. The summed E-state index contributed by atoms with van der Waals surface area (Å²) in [5.41, 5.74) is 2.14. The summed E-state index contributed by atoms with van der Waals surface area (Å²) in [6.07, 6.45) is 1.91. The fourth-order valence-corrected chi connectivity index (χ4v) is 3.94. The number of hydrogen-bond donors (Lipinski definition) is 2. The first-order chi connectivity index (χ1) is 12.1. The quantitative estimate of drug-likeness (QED) is 0.735. The van der Waals surface area contributed by atoms with Crippen LogP contribution in [0.4, 0.5) is 5.69 Å². The van der Waals surface area contributed by atoms with Gasteiger partial charge in [-0.15, -0.1) is 0 Å². The molecule has 0 radical (unpaired) electrons. The van der Waals surface area contributed by atoms with Crippen LogP contribution in [0.5, 0.6) is 0 Å². The van der Waals surface area contributed by atoms with Crippen LogP contribution in [0.25, 0.3) is 6.08 Å². The van der Waals surface area contributed by atoms with E-state index in [0.29, 0.717) is 4.91 Å². The number of nitrogens with zero attached hydrogens (tertiary/aromatic N) is 3. The predicted molar refractivity (Wildman–Crippen MR) is 103 cm³/mol. The van der Waals surface area contributed by atoms with Crippen molar-refractivity contribution in [3.63, 3.8) is 0 Å². The molecule has 7 heteroatoms. The van der Waals surface area contributed by atoms with Crippen molar-refractivity contribution in [3.8, 4) is 0 Å². The van der Waals surface area contributed by atoms with E-state index >= 15 is 0 Å². The van der Waals surface area contributed by atoms with Crippen LogP contribution in [0.1, 0.15) is 5.56 Å². The fourth-order valence-electron chi connectivity index (χ4n) is 2.98. The highest BCUT2D eigenvalue weighted by Gasteiger charge is 2.29. The fraction of sp³-hybridized carbons (Fsp3) is 0.444. The monoisotopic (exact) mass is 361 g/mol. The summed E-state index contributed by atoms with van der Waals surface area (Å²) in [4.78, 5) is 22.8. The summed E-state index contributed by atoms with van der Waals surface area (Å²) >= 11 is 1.46. The molecular weight excluding hydrogens is 336 g/mol. The van der Waals surface area contributed by atoms with E-state index in [1.807, 2.05) is 49.3 Å². The SMILES string of the molecule is CN(C)c1ccc(/C=C2/SC(N3CC[NH+](CCO)CC3)=NC2=O)cc1. The standard InChI is InChI=1S/C18H24N4O2S/c1-20(2)15-5-3-14(4-6-15)13-16-17(24)19-18(25-16)22-9-7-21(8-10-22)11-12-23/h3-6,13,23H,7-12H2,1-2H3/p+1/b16-13+. The molecule has 0 atom stereocenters. The van der Waals surface area contributed by atoms with Crippen LogP contribution < -0.4 is 9.80 Å². The number of nitrogens with one attached hydrogen (secondary N) is 1. The minimum atomic E-state index is -0.151. The van der Waals surface area contributed by atoms with Crippen molar-refractivity contribution in [3.05, 3.63) is 34.7 Å². The maximum absolute atomic E-state index is 12.2. The summed E-state index contributed by atoms with van der Waals surface area (Å²) in [7, 11) is 4.01. The third kappa shape index (κ3) is 4.42. The second-order valence-corrected chi connectivity index (χ2v) is 7.52. The van der Waals surface area contributed by atoms with Crippen LogP contribution in [-0.2, 0) is 4.79 Å². The van der Waals surface area contributed by atoms with Crippen molar-refractivity contribution in [1.29, 1.82) is 0 Å². The molecule has 0 saturated carbocycles. The molecule has 0 bridgehead atoms. The molecule has 3 rings (SSSR count). The normalized spacial score (nSPS) is 20.3. The van der Waals surface area contributed by atoms with Crippen LogP contribution in [0.15, 0.2) is 34.2 Å². The van der Waals surface area contributed by atoms with Gasteiger partial charge in [-0.25, -0.2) is 0 Å². The van der Waals surface area contributed by atoms with Crippen molar-refractivity contribution < 1.29 is 14.8 Å². The Balaban J connectivity index is 1.62. The number of thioether (sulfide) groups is 1. The molecule has 0 spiro atoms. The molecule has 2 aliphatic heterocycles. The molecule has 1 saturated heterocycles. The Bertz CT molecular complexity index is 677. The summed E-state index contributed by atoms with van der Waals surface area (Å²) in [6, 6.07) is 8.12. The smallest absolute Gasteiger partial charge is 0.286 e. The number of amides is 1. The van der Waals surface area contributed by atoms with Gasteiger partial charge in [0.25, 0.3) is 5.91 Å². The molecule has 25 heavy (non-hydrogen) atoms. The van der Waals surface area contributed by atoms with E-state index in [2.05, 4.69) is 9.89 Å². The summed E-state index contributed by atoms with van der Waals surface area (Å²) < 4.78 is 0. The number of amidine groups is 1. The van der Waals surface area contributed by atoms with E-state index < -0.39 is 0 Å². The second kappa shape index (κ2) is 8.03. The van der Waals surface area contributed by atoms with E-state index in [-0.39, 0.29) is 12.5 Å². The molecule has 1 aromatic rings. The first kappa shape index (κ1) is 18.0. The number of benzene rings is 1.